The number of hydrogen-bond acceptors (Lipinski definition) is 8. The van der Waals surface area contributed by atoms with Crippen molar-refractivity contribution < 1.29 is 18.9 Å². The van der Waals surface area contributed by atoms with E-state index >= 15 is 0 Å². The Morgan fingerprint density at radius 2 is 1.04 bits per heavy atom. The van der Waals surface area contributed by atoms with Gasteiger partial charge < -0.3 is 18.9 Å². The lowest BCUT2D eigenvalue weighted by atomic mass is 9.97. The maximum Gasteiger partial charge on any atom is 0.292 e. The first-order chi connectivity index (χ1) is 13.5. The van der Waals surface area contributed by atoms with Gasteiger partial charge in [-0.05, 0) is 24.3 Å². The monoisotopic (exact) mass is 412 g/mol. The van der Waals surface area contributed by atoms with E-state index in [-0.39, 0.29) is 44.2 Å². The number of rotatable bonds is 6. The highest BCUT2D eigenvalue weighted by Gasteiger charge is 2.21. The molecule has 0 unspecified atom stereocenters. The van der Waals surface area contributed by atoms with Gasteiger partial charge in [-0.15, -0.1) is 21.0 Å². The van der Waals surface area contributed by atoms with E-state index in [4.69, 9.17) is 63.2 Å². The zero-order valence-corrected chi connectivity index (χ0v) is 15.2. The molecule has 0 aliphatic rings. The van der Waals surface area contributed by atoms with Crippen molar-refractivity contribution in [2.24, 2.45) is 0 Å². The molecule has 28 heavy (non-hydrogen) atoms. The molecular weight excluding hydrogens is 407 g/mol. The third kappa shape index (κ3) is 4.55. The number of nitriles is 4. The molecule has 2 aromatic rings. The zero-order valence-electron chi connectivity index (χ0n) is 13.6. The number of benzene rings is 2. The van der Waals surface area contributed by atoms with E-state index in [2.05, 4.69) is 0 Å². The van der Waals surface area contributed by atoms with Crippen molar-refractivity contribution in [3.63, 3.8) is 0 Å². The van der Waals surface area contributed by atoms with E-state index in [1.54, 1.807) is 0 Å². The van der Waals surface area contributed by atoms with E-state index in [9.17, 15) is 0 Å². The Labute approximate surface area is 169 Å². The normalized spacial score (nSPS) is 8.93. The molecule has 0 aliphatic carbocycles. The molecule has 0 saturated heterocycles. The molecule has 0 aromatic heterocycles. The molecule has 10 heteroatoms. The Morgan fingerprint density at radius 1 is 0.643 bits per heavy atom. The molecule has 0 heterocycles. The van der Waals surface area contributed by atoms with Crippen LogP contribution in [0.2, 0.25) is 0 Å². The highest BCUT2D eigenvalue weighted by Crippen LogP contribution is 2.42. The minimum atomic E-state index is -0.228. The summed E-state index contributed by atoms with van der Waals surface area (Å²) in [5, 5.41) is 35.1. The van der Waals surface area contributed by atoms with E-state index < -0.39 is 0 Å². The van der Waals surface area contributed by atoms with Gasteiger partial charge in [-0.3, -0.25) is 0 Å². The standard InChI is InChI=1S/C18H6Cl2N4O4/c19-18(20)17(13-3-1-11(25-7-21)5-15(13)27-9-23)14-4-2-12(26-8-22)6-16(14)28-10-24/h1-6H. The van der Waals surface area contributed by atoms with Crippen molar-refractivity contribution in [2.45, 2.75) is 0 Å². The van der Waals surface area contributed by atoms with Crippen molar-refractivity contribution in [1.29, 1.82) is 21.0 Å². The van der Waals surface area contributed by atoms with Crippen LogP contribution >= 0.6 is 23.2 Å². The van der Waals surface area contributed by atoms with Gasteiger partial charge in [0, 0.05) is 28.8 Å². The molecular formula is C18H6Cl2N4O4. The predicted molar refractivity (Wildman–Crippen MR) is 95.6 cm³/mol. The Morgan fingerprint density at radius 3 is 1.36 bits per heavy atom. The minimum absolute atomic E-state index is 0.00990. The van der Waals surface area contributed by atoms with Gasteiger partial charge in [0.05, 0.1) is 0 Å². The van der Waals surface area contributed by atoms with Gasteiger partial charge in [0.25, 0.3) is 25.0 Å². The van der Waals surface area contributed by atoms with Crippen LogP contribution in [-0.2, 0) is 0 Å². The summed E-state index contributed by atoms with van der Waals surface area (Å²) in [7, 11) is 0. The molecule has 0 N–H and O–H groups in total. The second-order valence-electron chi connectivity index (χ2n) is 4.72. The number of nitrogens with zero attached hydrogens (tertiary/aromatic N) is 4. The fraction of sp³-hybridized carbons (Fsp3) is 0. The molecule has 0 atom stereocenters. The molecule has 0 fully saturated rings. The number of hydrogen-bond donors (Lipinski definition) is 0. The van der Waals surface area contributed by atoms with Gasteiger partial charge in [0.1, 0.15) is 16.0 Å². The fourth-order valence-electron chi connectivity index (χ4n) is 2.27. The van der Waals surface area contributed by atoms with Crippen molar-refractivity contribution in [1.82, 2.24) is 0 Å². The van der Waals surface area contributed by atoms with Crippen LogP contribution in [0, 0.1) is 46.1 Å². The first-order valence-electron chi connectivity index (χ1n) is 7.13. The minimum Gasteiger partial charge on any atom is -0.388 e. The van der Waals surface area contributed by atoms with Crippen molar-refractivity contribution in [2.75, 3.05) is 0 Å². The number of halogens is 2. The maximum atomic E-state index is 8.92. The van der Waals surface area contributed by atoms with Crippen LogP contribution < -0.4 is 18.9 Å². The van der Waals surface area contributed by atoms with Gasteiger partial charge in [0.2, 0.25) is 0 Å². The lowest BCUT2D eigenvalue weighted by Crippen LogP contribution is -1.98. The van der Waals surface area contributed by atoms with Gasteiger partial charge in [-0.2, -0.15) is 0 Å². The third-order valence-corrected chi connectivity index (χ3v) is 3.65. The van der Waals surface area contributed by atoms with Crippen LogP contribution in [0.3, 0.4) is 0 Å². The maximum absolute atomic E-state index is 8.92. The molecule has 0 radical (unpaired) electrons. The molecule has 136 valence electrons. The summed E-state index contributed by atoms with van der Waals surface area (Å²) in [5.41, 5.74) is 0.665. The Hall–Kier alpha value is -4.08. The Bertz CT molecular complexity index is 1020. The average molecular weight is 413 g/mol. The number of ether oxygens (including phenoxy) is 4. The van der Waals surface area contributed by atoms with E-state index in [1.807, 2.05) is 0 Å². The summed E-state index contributed by atoms with van der Waals surface area (Å²) >= 11 is 12.1. The lowest BCUT2D eigenvalue weighted by Gasteiger charge is -2.15. The lowest BCUT2D eigenvalue weighted by molar-refractivity contribution is 0.481. The molecule has 8 nitrogen and oxygen atoms in total. The highest BCUT2D eigenvalue weighted by molar-refractivity contribution is 6.59. The van der Waals surface area contributed by atoms with Gasteiger partial charge in [-0.1, -0.05) is 23.2 Å². The Balaban J connectivity index is 2.71. The van der Waals surface area contributed by atoms with Crippen LogP contribution in [0.15, 0.2) is 40.9 Å². The highest BCUT2D eigenvalue weighted by atomic mass is 35.5. The summed E-state index contributed by atoms with van der Waals surface area (Å²) in [6.07, 6.45) is 6.04. The molecule has 0 bridgehead atoms. The fourth-order valence-corrected chi connectivity index (χ4v) is 2.67. The quantitative estimate of drug-likeness (QED) is 0.640. The smallest absolute Gasteiger partial charge is 0.292 e. The average Bonchev–Trinajstić information content (AvgIpc) is 2.66. The van der Waals surface area contributed by atoms with Crippen LogP contribution in [0.4, 0.5) is 0 Å². The van der Waals surface area contributed by atoms with Crippen LogP contribution in [0.1, 0.15) is 11.1 Å². The molecule has 0 aliphatic heterocycles. The largest absolute Gasteiger partial charge is 0.388 e. The molecule has 0 saturated carbocycles. The Kier molecular flexibility index (Phi) is 6.92. The molecule has 0 spiro atoms. The van der Waals surface area contributed by atoms with Gasteiger partial charge in [0.15, 0.2) is 11.5 Å². The van der Waals surface area contributed by atoms with E-state index in [0.717, 1.165) is 0 Å². The van der Waals surface area contributed by atoms with Crippen LogP contribution in [-0.4, -0.2) is 0 Å². The van der Waals surface area contributed by atoms with Crippen molar-refractivity contribution in [3.8, 4) is 48.0 Å². The molecule has 2 rings (SSSR count). The van der Waals surface area contributed by atoms with E-state index in [1.165, 1.54) is 61.4 Å². The van der Waals surface area contributed by atoms with Crippen molar-refractivity contribution >= 4 is 28.8 Å². The summed E-state index contributed by atoms with van der Waals surface area (Å²) in [6, 6.07) is 8.34. The summed E-state index contributed by atoms with van der Waals surface area (Å²) in [4.78, 5) is 0. The SMILES string of the molecule is N#COc1ccc(C(=C(Cl)Cl)c2ccc(OC#N)cc2OC#N)c(OC#N)c1. The second kappa shape index (κ2) is 9.57. The van der Waals surface area contributed by atoms with Crippen LogP contribution in [0.5, 0.6) is 23.0 Å². The predicted octanol–water partition coefficient (Wildman–Crippen LogP) is 4.32. The first-order valence-corrected chi connectivity index (χ1v) is 7.89. The zero-order chi connectivity index (χ0) is 20.5. The summed E-state index contributed by atoms with van der Waals surface area (Å²) in [6.45, 7) is 0. The van der Waals surface area contributed by atoms with Gasteiger partial charge >= 0.3 is 0 Å². The summed E-state index contributed by atoms with van der Waals surface area (Å²) < 4.78 is 19.1. The van der Waals surface area contributed by atoms with Gasteiger partial charge in [-0.25, -0.2) is 0 Å². The van der Waals surface area contributed by atoms with Crippen molar-refractivity contribution in [3.05, 3.63) is 52.0 Å². The third-order valence-electron chi connectivity index (χ3n) is 3.27. The first kappa shape index (κ1) is 20.2. The van der Waals surface area contributed by atoms with Crippen LogP contribution in [0.25, 0.3) is 5.57 Å². The summed E-state index contributed by atoms with van der Waals surface area (Å²) in [5.74, 6) is 0.217. The molecule has 2 aromatic carbocycles. The topological polar surface area (TPSA) is 132 Å². The second-order valence-corrected chi connectivity index (χ2v) is 5.67. The van der Waals surface area contributed by atoms with E-state index in [0.29, 0.717) is 0 Å². The molecule has 0 amide bonds.